The van der Waals surface area contributed by atoms with Gasteiger partial charge in [0.1, 0.15) is 17.4 Å². The fourth-order valence-corrected chi connectivity index (χ4v) is 3.15. The quantitative estimate of drug-likeness (QED) is 0.486. The highest BCUT2D eigenvalue weighted by Crippen LogP contribution is 2.31. The number of ether oxygens (including phenoxy) is 1. The van der Waals surface area contributed by atoms with Crippen LogP contribution in [0.15, 0.2) is 54.6 Å². The normalized spacial score (nSPS) is 11.2. The third-order valence-corrected chi connectivity index (χ3v) is 4.80. The Morgan fingerprint density at radius 2 is 1.73 bits per heavy atom. The highest BCUT2D eigenvalue weighted by atomic mass is 19.4. The second kappa shape index (κ2) is 9.27. The molecule has 0 radical (unpaired) electrons. The predicted molar refractivity (Wildman–Crippen MR) is 108 cm³/mol. The lowest BCUT2D eigenvalue weighted by atomic mass is 9.99. The average molecular weight is 465 g/mol. The van der Waals surface area contributed by atoms with Crippen molar-refractivity contribution in [1.82, 2.24) is 5.32 Å². The van der Waals surface area contributed by atoms with Crippen LogP contribution in [0.25, 0.3) is 11.1 Å². The topological polar surface area (TPSA) is 75.6 Å². The van der Waals surface area contributed by atoms with Gasteiger partial charge in [-0.2, -0.15) is 13.2 Å². The maximum atomic E-state index is 14.6. The molecule has 0 heterocycles. The number of alkyl halides is 3. The van der Waals surface area contributed by atoms with E-state index in [2.05, 4.69) is 5.32 Å². The van der Waals surface area contributed by atoms with Crippen LogP contribution < -0.4 is 10.1 Å². The van der Waals surface area contributed by atoms with Gasteiger partial charge in [-0.1, -0.05) is 18.2 Å². The van der Waals surface area contributed by atoms with E-state index in [4.69, 9.17) is 9.84 Å². The Morgan fingerprint density at radius 3 is 2.33 bits per heavy atom. The molecule has 0 aliphatic heterocycles. The van der Waals surface area contributed by atoms with E-state index in [9.17, 15) is 31.5 Å². The van der Waals surface area contributed by atoms with Crippen LogP contribution in [0.1, 0.15) is 31.8 Å². The van der Waals surface area contributed by atoms with Crippen molar-refractivity contribution < 1.29 is 41.4 Å². The number of rotatable bonds is 6. The van der Waals surface area contributed by atoms with Gasteiger partial charge in [0.05, 0.1) is 23.8 Å². The number of hydrogen-bond acceptors (Lipinski definition) is 3. The van der Waals surface area contributed by atoms with Gasteiger partial charge in [-0.3, -0.25) is 4.79 Å². The molecule has 5 nitrogen and oxygen atoms in total. The number of carbonyl (C=O) groups is 2. The first-order chi connectivity index (χ1) is 15.5. The predicted octanol–water partition coefficient (Wildman–Crippen LogP) is 5.29. The van der Waals surface area contributed by atoms with E-state index in [0.717, 1.165) is 12.1 Å². The summed E-state index contributed by atoms with van der Waals surface area (Å²) in [6.07, 6.45) is -4.75. The van der Waals surface area contributed by atoms with Gasteiger partial charge < -0.3 is 15.2 Å². The Hall–Kier alpha value is -3.95. The molecule has 33 heavy (non-hydrogen) atoms. The molecule has 0 saturated carbocycles. The Balaban J connectivity index is 1.87. The molecule has 10 heteroatoms. The number of carbonyl (C=O) groups excluding carboxylic acids is 1. The summed E-state index contributed by atoms with van der Waals surface area (Å²) in [6, 6.07) is 9.84. The van der Waals surface area contributed by atoms with E-state index < -0.39 is 46.4 Å². The molecule has 1 amide bonds. The number of carboxylic acid groups (broad SMARTS) is 1. The van der Waals surface area contributed by atoms with Crippen molar-refractivity contribution in [3.05, 3.63) is 88.5 Å². The van der Waals surface area contributed by atoms with E-state index in [1.165, 1.54) is 37.4 Å². The molecule has 0 spiro atoms. The lowest BCUT2D eigenvalue weighted by Gasteiger charge is -2.14. The Kier molecular flexibility index (Phi) is 6.66. The van der Waals surface area contributed by atoms with E-state index in [0.29, 0.717) is 22.9 Å². The molecule has 0 aliphatic rings. The van der Waals surface area contributed by atoms with Crippen LogP contribution in [0.4, 0.5) is 22.0 Å². The maximum absolute atomic E-state index is 14.6. The first-order valence-corrected chi connectivity index (χ1v) is 9.37. The highest BCUT2D eigenvalue weighted by Gasteiger charge is 2.31. The summed E-state index contributed by atoms with van der Waals surface area (Å²) in [7, 11) is 1.35. The molecular formula is C23H16F5NO4. The summed E-state index contributed by atoms with van der Waals surface area (Å²) >= 11 is 0. The van der Waals surface area contributed by atoms with E-state index >= 15 is 0 Å². The first-order valence-electron chi connectivity index (χ1n) is 9.37. The molecule has 0 fully saturated rings. The van der Waals surface area contributed by atoms with Crippen molar-refractivity contribution in [2.24, 2.45) is 0 Å². The first kappa shape index (κ1) is 23.7. The molecule has 0 unspecified atom stereocenters. The van der Waals surface area contributed by atoms with Crippen molar-refractivity contribution >= 4 is 11.9 Å². The second-order valence-electron chi connectivity index (χ2n) is 6.87. The van der Waals surface area contributed by atoms with Gasteiger partial charge in [0.25, 0.3) is 5.91 Å². The lowest BCUT2D eigenvalue weighted by Crippen LogP contribution is -2.24. The largest absolute Gasteiger partial charge is 0.496 e. The number of benzene rings is 3. The second-order valence-corrected chi connectivity index (χ2v) is 6.87. The van der Waals surface area contributed by atoms with Crippen LogP contribution in [0.5, 0.6) is 5.75 Å². The minimum absolute atomic E-state index is 0.00101. The van der Waals surface area contributed by atoms with Crippen molar-refractivity contribution in [2.45, 2.75) is 12.7 Å². The third kappa shape index (κ3) is 5.11. The van der Waals surface area contributed by atoms with Crippen LogP contribution >= 0.6 is 0 Å². The molecule has 172 valence electrons. The minimum Gasteiger partial charge on any atom is -0.496 e. The summed E-state index contributed by atoms with van der Waals surface area (Å²) < 4.78 is 71.9. The van der Waals surface area contributed by atoms with Crippen molar-refractivity contribution in [1.29, 1.82) is 0 Å². The van der Waals surface area contributed by atoms with E-state index in [1.807, 2.05) is 0 Å². The number of amides is 1. The van der Waals surface area contributed by atoms with Gasteiger partial charge in [0.15, 0.2) is 0 Å². The smallest absolute Gasteiger partial charge is 0.416 e. The zero-order valence-electron chi connectivity index (χ0n) is 17.0. The van der Waals surface area contributed by atoms with Gasteiger partial charge in [-0.05, 0) is 42.0 Å². The fourth-order valence-electron chi connectivity index (χ4n) is 3.15. The molecule has 0 saturated heterocycles. The highest BCUT2D eigenvalue weighted by molar-refractivity contribution is 5.94. The number of hydrogen-bond donors (Lipinski definition) is 2. The number of halogens is 5. The Morgan fingerprint density at radius 1 is 1.00 bits per heavy atom. The summed E-state index contributed by atoms with van der Waals surface area (Å²) in [4.78, 5) is 23.5. The molecule has 0 atom stereocenters. The summed E-state index contributed by atoms with van der Waals surface area (Å²) in [5, 5.41) is 11.5. The van der Waals surface area contributed by atoms with Crippen LogP contribution in [0.2, 0.25) is 0 Å². The molecule has 0 aromatic heterocycles. The van der Waals surface area contributed by atoms with Gasteiger partial charge in [0, 0.05) is 17.7 Å². The van der Waals surface area contributed by atoms with Crippen molar-refractivity contribution in [2.75, 3.05) is 7.11 Å². The molecule has 2 N–H and O–H groups in total. The molecule has 3 aromatic rings. The van der Waals surface area contributed by atoms with E-state index in [1.54, 1.807) is 0 Å². The number of aromatic carboxylic acids is 1. The molecule has 0 aliphatic carbocycles. The fraction of sp³-hybridized carbons (Fsp3) is 0.130. The summed E-state index contributed by atoms with van der Waals surface area (Å²) in [5.74, 6) is -4.39. The van der Waals surface area contributed by atoms with Crippen LogP contribution in [0.3, 0.4) is 0 Å². The number of nitrogens with one attached hydrogen (secondary N) is 1. The monoisotopic (exact) mass is 465 g/mol. The maximum Gasteiger partial charge on any atom is 0.416 e. The standard InChI is InChI=1S/C23H16F5NO4/c1-33-19-8-5-12(15-3-2-4-17(20(15)25)22(31)32)9-13(19)11-29-21(30)16-7-6-14(10-18(16)24)23(26,27)28/h2-10H,11H2,1H3,(H,29,30)(H,31,32). The van der Waals surface area contributed by atoms with Crippen molar-refractivity contribution in [3.8, 4) is 16.9 Å². The summed E-state index contributed by atoms with van der Waals surface area (Å²) in [6.45, 7) is -0.226. The number of carboxylic acids is 1. The molecule has 3 aromatic carbocycles. The van der Waals surface area contributed by atoms with Gasteiger partial charge in [0.2, 0.25) is 0 Å². The van der Waals surface area contributed by atoms with Crippen LogP contribution in [-0.2, 0) is 12.7 Å². The number of methoxy groups -OCH3 is 1. The molecule has 0 bridgehead atoms. The molecular weight excluding hydrogens is 449 g/mol. The Labute approximate surface area is 184 Å². The third-order valence-electron chi connectivity index (χ3n) is 4.80. The lowest BCUT2D eigenvalue weighted by molar-refractivity contribution is -0.137. The molecule has 3 rings (SSSR count). The zero-order chi connectivity index (χ0) is 24.3. The SMILES string of the molecule is COc1ccc(-c2cccc(C(=O)O)c2F)cc1CNC(=O)c1ccc(C(F)(F)F)cc1F. The Bertz CT molecular complexity index is 1220. The zero-order valence-corrected chi connectivity index (χ0v) is 17.0. The van der Waals surface area contributed by atoms with Crippen molar-refractivity contribution in [3.63, 3.8) is 0 Å². The minimum atomic E-state index is -4.75. The van der Waals surface area contributed by atoms with Crippen LogP contribution in [-0.4, -0.2) is 24.1 Å². The van der Waals surface area contributed by atoms with Gasteiger partial charge >= 0.3 is 12.1 Å². The summed E-state index contributed by atoms with van der Waals surface area (Å²) in [5.41, 5.74) is -1.69. The van der Waals surface area contributed by atoms with Gasteiger partial charge in [-0.25, -0.2) is 13.6 Å². The van der Waals surface area contributed by atoms with E-state index in [-0.39, 0.29) is 18.2 Å². The van der Waals surface area contributed by atoms with Gasteiger partial charge in [-0.15, -0.1) is 0 Å². The van der Waals surface area contributed by atoms with Crippen LogP contribution in [0, 0.1) is 11.6 Å². The average Bonchev–Trinajstić information content (AvgIpc) is 2.76.